The number of carbonyl (C=O) groups is 1. The van der Waals surface area contributed by atoms with Gasteiger partial charge in [0.1, 0.15) is 0 Å². The fourth-order valence-corrected chi connectivity index (χ4v) is 2.93. The summed E-state index contributed by atoms with van der Waals surface area (Å²) in [5, 5.41) is 8.48. The monoisotopic (exact) mass is 314 g/mol. The van der Waals surface area contributed by atoms with E-state index in [4.69, 9.17) is 5.11 Å². The van der Waals surface area contributed by atoms with E-state index in [9.17, 15) is 4.79 Å². The number of hydrogen-bond donors (Lipinski definition) is 1. The number of thioether (sulfide) groups is 1. The Morgan fingerprint density at radius 3 is 1.60 bits per heavy atom. The highest BCUT2D eigenvalue weighted by atomic mass is 32.2. The van der Waals surface area contributed by atoms with Crippen LogP contribution in [0.1, 0.15) is 84.0 Å². The van der Waals surface area contributed by atoms with Crippen molar-refractivity contribution < 1.29 is 9.90 Å². The number of rotatable bonds is 15. The minimum atomic E-state index is -0.691. The van der Waals surface area contributed by atoms with Crippen LogP contribution in [0.15, 0.2) is 0 Å². The number of hydrogen-bond acceptors (Lipinski definition) is 2. The van der Waals surface area contributed by atoms with E-state index < -0.39 is 5.97 Å². The van der Waals surface area contributed by atoms with Crippen LogP contribution in [0.25, 0.3) is 0 Å². The molecule has 0 aliphatic rings. The quantitative estimate of drug-likeness (QED) is 0.355. The maximum Gasteiger partial charge on any atom is 0.316 e. The molecule has 0 aliphatic heterocycles. The molecule has 20 heavy (non-hydrogen) atoms. The Labute approximate surface area is 146 Å². The molecule has 1 N–H and O–H groups in total. The molecule has 4 heteroatoms. The molecule has 0 unspecified atom stereocenters. The van der Waals surface area contributed by atoms with Crippen LogP contribution in [-0.2, 0) is 4.79 Å². The van der Waals surface area contributed by atoms with Gasteiger partial charge in [-0.05, 0) is 12.2 Å². The second-order valence-corrected chi connectivity index (χ2v) is 6.44. The minimum absolute atomic E-state index is 0. The first kappa shape index (κ1) is 22.9. The summed E-state index contributed by atoms with van der Waals surface area (Å²) in [5.74, 6) is 0.575. The molecule has 118 valence electrons. The van der Waals surface area contributed by atoms with Crippen LogP contribution >= 0.6 is 11.8 Å². The summed E-state index contributed by atoms with van der Waals surface area (Å²) in [4.78, 5) is 10.3. The summed E-state index contributed by atoms with van der Waals surface area (Å²) < 4.78 is 0. The van der Waals surface area contributed by atoms with Crippen LogP contribution in [-0.4, -0.2) is 45.6 Å². The first-order chi connectivity index (χ1) is 9.27. The van der Waals surface area contributed by atoms with E-state index in [1.54, 1.807) is 11.8 Å². The largest absolute Gasteiger partial charge is 0.481 e. The molecule has 0 aliphatic carbocycles. The van der Waals surface area contributed by atoms with Gasteiger partial charge in [0.05, 0.1) is 5.75 Å². The van der Waals surface area contributed by atoms with Gasteiger partial charge in [-0.3, -0.25) is 4.79 Å². The average molecular weight is 315 g/mol. The molecule has 0 bridgehead atoms. The van der Waals surface area contributed by atoms with Gasteiger partial charge in [0.15, 0.2) is 0 Å². The third-order valence-corrected chi connectivity index (χ3v) is 4.40. The van der Waals surface area contributed by atoms with Crippen LogP contribution in [0, 0.1) is 0 Å². The molecule has 0 spiro atoms. The molecule has 0 heterocycles. The van der Waals surface area contributed by atoms with E-state index in [0.717, 1.165) is 5.75 Å². The summed E-state index contributed by atoms with van der Waals surface area (Å²) in [6.07, 6.45) is 16.3. The summed E-state index contributed by atoms with van der Waals surface area (Å²) in [6, 6.07) is 0. The summed E-state index contributed by atoms with van der Waals surface area (Å²) in [7, 11) is 0. The van der Waals surface area contributed by atoms with Crippen molar-refractivity contribution in [2.75, 3.05) is 11.5 Å². The lowest BCUT2D eigenvalue weighted by Gasteiger charge is -2.02. The molecule has 0 aromatic heterocycles. The molecule has 0 aromatic carbocycles. The molecule has 2 nitrogen and oxygen atoms in total. The van der Waals surface area contributed by atoms with Gasteiger partial charge in [-0.1, -0.05) is 77.6 Å². The predicted molar refractivity (Wildman–Crippen MR) is 94.6 cm³/mol. The molecule has 0 fully saturated rings. The van der Waals surface area contributed by atoms with Crippen molar-refractivity contribution in [3.8, 4) is 0 Å². The molecular weight excluding hydrogens is 281 g/mol. The van der Waals surface area contributed by atoms with E-state index >= 15 is 0 Å². The van der Waals surface area contributed by atoms with Crippen molar-refractivity contribution >= 4 is 40.8 Å². The second-order valence-electron chi connectivity index (χ2n) is 5.34. The maximum absolute atomic E-state index is 10.3. The number of carboxylic acid groups (broad SMARTS) is 1. The second kappa shape index (κ2) is 19.6. The van der Waals surface area contributed by atoms with Crippen molar-refractivity contribution in [1.29, 1.82) is 0 Å². The highest BCUT2D eigenvalue weighted by Crippen LogP contribution is 2.13. The van der Waals surface area contributed by atoms with Gasteiger partial charge in [0, 0.05) is 0 Å². The fraction of sp³-hybridized carbons (Fsp3) is 0.938. The van der Waals surface area contributed by atoms with Gasteiger partial charge in [0.2, 0.25) is 0 Å². The highest BCUT2D eigenvalue weighted by Gasteiger charge is 1.97. The van der Waals surface area contributed by atoms with Gasteiger partial charge in [-0.2, -0.15) is 11.8 Å². The van der Waals surface area contributed by atoms with E-state index in [1.165, 1.54) is 77.0 Å². The van der Waals surface area contributed by atoms with Crippen LogP contribution in [0.2, 0.25) is 0 Å². The standard InChI is InChI=1S/C16H32O2S.Mg.2H/c1-2-3-4-5-6-7-8-9-10-11-12-13-14-19-15-16(17)18;;;/h2-15H2,1H3,(H,17,18);;;. The average Bonchev–Trinajstić information content (AvgIpc) is 2.39. The lowest BCUT2D eigenvalue weighted by atomic mass is 10.1. The molecule has 0 saturated heterocycles. The molecule has 0 saturated carbocycles. The number of aliphatic carboxylic acids is 1. The zero-order chi connectivity index (χ0) is 14.2. The van der Waals surface area contributed by atoms with Crippen LogP contribution in [0.4, 0.5) is 0 Å². The third-order valence-electron chi connectivity index (χ3n) is 3.37. The maximum atomic E-state index is 10.3. The smallest absolute Gasteiger partial charge is 0.316 e. The molecule has 0 rings (SSSR count). The molecule has 0 atom stereocenters. The number of unbranched alkanes of at least 4 members (excludes halogenated alkanes) is 11. The van der Waals surface area contributed by atoms with Crippen molar-refractivity contribution in [1.82, 2.24) is 0 Å². The zero-order valence-corrected chi connectivity index (χ0v) is 13.5. The lowest BCUT2D eigenvalue weighted by Crippen LogP contribution is -1.98. The van der Waals surface area contributed by atoms with Gasteiger partial charge in [-0.15, -0.1) is 0 Å². The van der Waals surface area contributed by atoms with Crippen molar-refractivity contribution in [3.63, 3.8) is 0 Å². The normalized spacial score (nSPS) is 10.2. The van der Waals surface area contributed by atoms with Crippen LogP contribution in [0.3, 0.4) is 0 Å². The Morgan fingerprint density at radius 1 is 0.800 bits per heavy atom. The minimum Gasteiger partial charge on any atom is -0.481 e. The Morgan fingerprint density at radius 2 is 1.20 bits per heavy atom. The SMILES string of the molecule is CCCCCCCCCCCCCCSCC(=O)O.[MgH2]. The third kappa shape index (κ3) is 20.9. The van der Waals surface area contributed by atoms with Crippen LogP contribution < -0.4 is 0 Å². The van der Waals surface area contributed by atoms with Gasteiger partial charge in [-0.25, -0.2) is 0 Å². The first-order valence-corrected chi connectivity index (χ1v) is 9.22. The molecule has 0 amide bonds. The van der Waals surface area contributed by atoms with E-state index in [0.29, 0.717) is 0 Å². The van der Waals surface area contributed by atoms with Gasteiger partial charge >= 0.3 is 29.0 Å². The van der Waals surface area contributed by atoms with E-state index in [-0.39, 0.29) is 28.8 Å². The molecule has 0 aromatic rings. The van der Waals surface area contributed by atoms with Crippen LogP contribution in [0.5, 0.6) is 0 Å². The Kier molecular flexibility index (Phi) is 22.4. The van der Waals surface area contributed by atoms with Crippen molar-refractivity contribution in [2.24, 2.45) is 0 Å². The lowest BCUT2D eigenvalue weighted by molar-refractivity contribution is -0.133. The Hall–Kier alpha value is 0.586. The Bertz CT molecular complexity index is 201. The topological polar surface area (TPSA) is 37.3 Å². The fourth-order valence-electron chi connectivity index (χ4n) is 2.20. The first-order valence-electron chi connectivity index (χ1n) is 8.07. The van der Waals surface area contributed by atoms with Gasteiger partial charge in [0.25, 0.3) is 0 Å². The highest BCUT2D eigenvalue weighted by molar-refractivity contribution is 7.99. The van der Waals surface area contributed by atoms with E-state index in [1.807, 2.05) is 0 Å². The van der Waals surface area contributed by atoms with Crippen molar-refractivity contribution in [2.45, 2.75) is 84.0 Å². The summed E-state index contributed by atoms with van der Waals surface area (Å²) in [5.41, 5.74) is 0. The molecule has 0 radical (unpaired) electrons. The number of carboxylic acids is 1. The Balaban J connectivity index is 0. The predicted octanol–water partition coefficient (Wildman–Crippen LogP) is 4.59. The van der Waals surface area contributed by atoms with E-state index in [2.05, 4.69) is 6.92 Å². The molecular formula is C16H34MgO2S. The van der Waals surface area contributed by atoms with Crippen molar-refractivity contribution in [3.05, 3.63) is 0 Å². The summed E-state index contributed by atoms with van der Waals surface area (Å²) >= 11 is 1.54. The summed E-state index contributed by atoms with van der Waals surface area (Å²) in [6.45, 7) is 2.26. The zero-order valence-electron chi connectivity index (χ0n) is 12.7. The van der Waals surface area contributed by atoms with Gasteiger partial charge < -0.3 is 5.11 Å².